The highest BCUT2D eigenvalue weighted by molar-refractivity contribution is 5.96. The number of carboxylic acid groups (broad SMARTS) is 1. The molecular weight excluding hydrogens is 634 g/mol. The lowest BCUT2D eigenvalue weighted by Gasteiger charge is -2.14. The molecule has 16 nitrogen and oxygen atoms in total. The molecule has 0 fully saturated rings. The molecule has 0 bridgehead atoms. The first-order valence-electron chi connectivity index (χ1n) is 13.9. The van der Waals surface area contributed by atoms with E-state index >= 15 is 0 Å². The fourth-order valence-corrected chi connectivity index (χ4v) is 5.14. The van der Waals surface area contributed by atoms with E-state index in [1.54, 1.807) is 18.2 Å². The molecule has 17 heteroatoms. The van der Waals surface area contributed by atoms with Crippen LogP contribution < -0.4 is 38.7 Å². The van der Waals surface area contributed by atoms with Gasteiger partial charge < -0.3 is 27.2 Å². The highest BCUT2D eigenvalue weighted by Crippen LogP contribution is 2.33. The van der Waals surface area contributed by atoms with Gasteiger partial charge >= 0.3 is 11.7 Å². The largest absolute Gasteiger partial charge is 0.477 e. The number of nitrogens with two attached hydrogens (primary N) is 2. The zero-order valence-corrected chi connectivity index (χ0v) is 25.0. The molecule has 1 amide bonds. The Morgan fingerprint density at radius 1 is 1.09 bits per heavy atom. The number of carbonyl (C=O) groups is 2. The van der Waals surface area contributed by atoms with Crippen LogP contribution in [0.2, 0.25) is 0 Å². The Kier molecular flexibility index (Phi) is 8.98. The lowest BCUT2D eigenvalue weighted by atomic mass is 10.0. The van der Waals surface area contributed by atoms with Crippen LogP contribution in [-0.2, 0) is 13.0 Å². The van der Waals surface area contributed by atoms with Gasteiger partial charge in [0, 0.05) is 29.9 Å². The molecule has 3 heterocycles. The van der Waals surface area contributed by atoms with Crippen LogP contribution in [0.4, 0.5) is 17.1 Å². The van der Waals surface area contributed by atoms with Crippen molar-refractivity contribution in [2.75, 3.05) is 11.1 Å². The maximum atomic E-state index is 12.8. The third kappa shape index (κ3) is 6.35. The van der Waals surface area contributed by atoms with Gasteiger partial charge in [-0.3, -0.25) is 23.9 Å². The number of aromatic amines is 1. The zero-order valence-electron chi connectivity index (χ0n) is 24.2. The summed E-state index contributed by atoms with van der Waals surface area (Å²) in [6, 6.07) is 15.3. The molecule has 3 aromatic heterocycles. The Morgan fingerprint density at radius 2 is 1.89 bits per heavy atom. The van der Waals surface area contributed by atoms with Crippen molar-refractivity contribution >= 4 is 47.0 Å². The van der Waals surface area contributed by atoms with Gasteiger partial charge in [-0.05, 0) is 47.7 Å². The Balaban J connectivity index is 0.000000217. The molecule has 240 valence electrons. The molecule has 1 atom stereocenters. The lowest BCUT2D eigenvalue weighted by molar-refractivity contribution is 0.0687. The highest BCUT2D eigenvalue weighted by Gasteiger charge is 2.26. The van der Waals surface area contributed by atoms with Crippen molar-refractivity contribution < 1.29 is 19.2 Å². The minimum absolute atomic E-state index is 0. The Bertz CT molecular complexity index is 2270. The third-order valence-electron chi connectivity index (χ3n) is 7.43. The van der Waals surface area contributed by atoms with Crippen molar-refractivity contribution in [3.8, 4) is 11.4 Å². The molecular formula is C30H26ClN9O7. The average Bonchev–Trinajstić information content (AvgIpc) is 3.82. The number of nitrogen functional groups attached to an aromatic ring is 1. The van der Waals surface area contributed by atoms with E-state index in [0.29, 0.717) is 30.0 Å². The molecule has 0 spiro atoms. The van der Waals surface area contributed by atoms with E-state index < -0.39 is 28.5 Å². The second-order valence-corrected chi connectivity index (χ2v) is 10.3. The molecule has 0 radical (unpaired) electrons. The van der Waals surface area contributed by atoms with Gasteiger partial charge in [0.15, 0.2) is 17.2 Å². The first-order valence-corrected chi connectivity index (χ1v) is 13.9. The smallest absolute Gasteiger partial charge is 0.439 e. The number of carboxylic acids is 1. The van der Waals surface area contributed by atoms with Gasteiger partial charge in [0.05, 0.1) is 12.2 Å². The van der Waals surface area contributed by atoms with Crippen LogP contribution in [0.15, 0.2) is 79.7 Å². The van der Waals surface area contributed by atoms with Crippen LogP contribution in [0, 0.1) is 0 Å². The summed E-state index contributed by atoms with van der Waals surface area (Å²) in [5, 5.41) is 22.7. The molecule has 0 saturated carbocycles. The molecule has 0 saturated heterocycles. The van der Waals surface area contributed by atoms with Crippen LogP contribution in [0.1, 0.15) is 50.1 Å². The second kappa shape index (κ2) is 13.1. The van der Waals surface area contributed by atoms with E-state index in [4.69, 9.17) is 11.5 Å². The van der Waals surface area contributed by atoms with E-state index in [2.05, 4.69) is 35.4 Å². The van der Waals surface area contributed by atoms with Crippen molar-refractivity contribution in [3.05, 3.63) is 120 Å². The fraction of sp³-hybridized carbons (Fsp3) is 0.133. The average molecular weight is 660 g/mol. The van der Waals surface area contributed by atoms with Crippen molar-refractivity contribution in [3.63, 3.8) is 0 Å². The number of rotatable bonds is 7. The number of fused-ring (bicyclic) bond motifs is 2. The summed E-state index contributed by atoms with van der Waals surface area (Å²) >= 11 is 0. The molecule has 47 heavy (non-hydrogen) atoms. The molecule has 0 aliphatic heterocycles. The number of H-pyrrole nitrogens is 1. The van der Waals surface area contributed by atoms with E-state index in [9.17, 15) is 29.1 Å². The monoisotopic (exact) mass is 659 g/mol. The van der Waals surface area contributed by atoms with Gasteiger partial charge in [-0.2, -0.15) is 5.10 Å². The number of halogens is 1. The number of carbonyl (C=O) groups excluding carboxylic acids is 1. The Morgan fingerprint density at radius 3 is 2.60 bits per heavy atom. The van der Waals surface area contributed by atoms with Gasteiger partial charge in [-0.1, -0.05) is 29.4 Å². The Labute approximate surface area is 269 Å². The van der Waals surface area contributed by atoms with Crippen LogP contribution in [-0.4, -0.2) is 41.7 Å². The van der Waals surface area contributed by atoms with E-state index in [1.807, 2.05) is 24.3 Å². The summed E-state index contributed by atoms with van der Waals surface area (Å²) < 4.78 is 5.71. The number of aromatic carboxylic acids is 1. The van der Waals surface area contributed by atoms with Gasteiger partial charge in [-0.15, -0.1) is 12.4 Å². The predicted octanol–water partition coefficient (Wildman–Crippen LogP) is 1.68. The summed E-state index contributed by atoms with van der Waals surface area (Å²) in [5.74, 6) is -1.96. The summed E-state index contributed by atoms with van der Waals surface area (Å²) in [4.78, 5) is 64.2. The number of nitrogens with one attached hydrogen (secondary N) is 3. The normalized spacial score (nSPS) is 13.3. The fourth-order valence-electron chi connectivity index (χ4n) is 5.14. The summed E-state index contributed by atoms with van der Waals surface area (Å²) in [7, 11) is 0. The molecule has 7 rings (SSSR count). The minimum atomic E-state index is -1.20. The first kappa shape index (κ1) is 32.3. The first-order chi connectivity index (χ1) is 22.1. The number of nitrogens with zero attached hydrogens (tertiary/aromatic N) is 4. The van der Waals surface area contributed by atoms with Gasteiger partial charge in [0.25, 0.3) is 16.8 Å². The Hall–Kier alpha value is -6.13. The quantitative estimate of drug-likeness (QED) is 0.134. The summed E-state index contributed by atoms with van der Waals surface area (Å²) in [6.45, 7) is 0.414. The van der Waals surface area contributed by atoms with Gasteiger partial charge in [0.1, 0.15) is 17.1 Å². The number of anilines is 3. The third-order valence-corrected chi connectivity index (χ3v) is 7.43. The van der Waals surface area contributed by atoms with Crippen molar-refractivity contribution in [1.29, 1.82) is 0 Å². The molecule has 1 aliphatic carbocycles. The maximum Gasteiger partial charge on any atom is 0.439 e. The van der Waals surface area contributed by atoms with E-state index in [0.717, 1.165) is 23.1 Å². The van der Waals surface area contributed by atoms with Gasteiger partial charge in [-0.25, -0.2) is 19.1 Å². The standard InChI is InChI=1S/C19H14N6O5.C11H11N3O2.ClH/c26-17(13-8-14(18(27)28)25-15(21-13)5-6-20-25)22-12-4-2-9-7-10(1-3-11(9)12)16-23-19(29)30-24-16;12-5-6-2-1-3-7(4-6)14-9-8(13)10(15)11(9)16;/h1,3,5-8,12H,2,4H2,(H,22,26)(H,27,28)(H,23,24,29);1-4,14H,5,12-13H2;1H/t12-;;/m0../s1. The summed E-state index contributed by atoms with van der Waals surface area (Å²) in [5.41, 5.74) is 14.3. The zero-order chi connectivity index (χ0) is 32.5. The SMILES string of the molecule is Cl.NCc1cccc(Nc2c(N)c(=O)c2=O)c1.O=C(N[C@H]1CCc2cc(-c3noc(=O)[nH]3)ccc21)c1cc(C(=O)O)n2nccc2n1. The van der Waals surface area contributed by atoms with E-state index in [-0.39, 0.29) is 46.9 Å². The maximum absolute atomic E-state index is 12.8. The number of benzene rings is 2. The van der Waals surface area contributed by atoms with Crippen molar-refractivity contribution in [2.45, 2.75) is 25.4 Å². The molecule has 6 aromatic rings. The highest BCUT2D eigenvalue weighted by atomic mass is 35.5. The number of aryl methyl sites for hydroxylation is 1. The number of amides is 1. The van der Waals surface area contributed by atoms with Crippen LogP contribution in [0.3, 0.4) is 0 Å². The number of hydrogen-bond donors (Lipinski definition) is 6. The summed E-state index contributed by atoms with van der Waals surface area (Å²) in [6.07, 6.45) is 2.83. The molecule has 1 aliphatic rings. The van der Waals surface area contributed by atoms with Crippen LogP contribution in [0.5, 0.6) is 0 Å². The predicted molar refractivity (Wildman–Crippen MR) is 172 cm³/mol. The van der Waals surface area contributed by atoms with Crippen LogP contribution >= 0.6 is 12.4 Å². The molecule has 8 N–H and O–H groups in total. The topological polar surface area (TPSA) is 254 Å². The molecule has 3 aromatic carbocycles. The number of aromatic nitrogens is 5. The molecule has 0 unspecified atom stereocenters. The minimum Gasteiger partial charge on any atom is -0.477 e. The second-order valence-electron chi connectivity index (χ2n) is 10.3. The van der Waals surface area contributed by atoms with Crippen LogP contribution in [0.25, 0.3) is 17.0 Å². The number of hydrogen-bond acceptors (Lipinski definition) is 12. The van der Waals surface area contributed by atoms with Crippen molar-refractivity contribution in [1.82, 2.24) is 30.1 Å². The van der Waals surface area contributed by atoms with Gasteiger partial charge in [0.2, 0.25) is 0 Å². The van der Waals surface area contributed by atoms with Crippen molar-refractivity contribution in [2.24, 2.45) is 5.73 Å². The lowest BCUT2D eigenvalue weighted by Crippen LogP contribution is -2.36. The van der Waals surface area contributed by atoms with E-state index in [1.165, 1.54) is 22.8 Å².